The second-order valence-electron chi connectivity index (χ2n) is 6.50. The number of aromatic nitrogens is 1. The zero-order valence-electron chi connectivity index (χ0n) is 13.9. The highest BCUT2D eigenvalue weighted by atomic mass is 16.5. The minimum Gasteiger partial charge on any atom is -0.373 e. The highest BCUT2D eigenvalue weighted by molar-refractivity contribution is 5.79. The molecule has 0 radical (unpaired) electrons. The Morgan fingerprint density at radius 1 is 1.48 bits per heavy atom. The molecule has 2 aliphatic heterocycles. The molecule has 2 saturated heterocycles. The molecule has 126 valence electrons. The van der Waals surface area contributed by atoms with E-state index in [9.17, 15) is 4.79 Å². The number of hydrogen-bond donors (Lipinski definition) is 0. The molecule has 6 nitrogen and oxygen atoms in total. The molecule has 3 heterocycles. The van der Waals surface area contributed by atoms with Crippen LogP contribution >= 0.6 is 0 Å². The number of ether oxygens (including phenoxy) is 2. The van der Waals surface area contributed by atoms with E-state index in [1.165, 1.54) is 0 Å². The lowest BCUT2D eigenvalue weighted by atomic mass is 10.0. The number of amides is 1. The van der Waals surface area contributed by atoms with Gasteiger partial charge in [0.25, 0.3) is 0 Å². The van der Waals surface area contributed by atoms with Gasteiger partial charge >= 0.3 is 0 Å². The Kier molecular flexibility index (Phi) is 5.25. The highest BCUT2D eigenvalue weighted by Crippen LogP contribution is 2.31. The third kappa shape index (κ3) is 3.88. The molecule has 3 atom stereocenters. The van der Waals surface area contributed by atoms with Crippen LogP contribution in [0.1, 0.15) is 18.5 Å². The quantitative estimate of drug-likeness (QED) is 0.808. The number of pyridine rings is 1. The van der Waals surface area contributed by atoms with Crippen molar-refractivity contribution in [2.45, 2.75) is 37.7 Å². The van der Waals surface area contributed by atoms with Crippen LogP contribution in [0.15, 0.2) is 24.4 Å². The Balaban J connectivity index is 1.65. The summed E-state index contributed by atoms with van der Waals surface area (Å²) >= 11 is 0. The van der Waals surface area contributed by atoms with Crippen LogP contribution in [-0.4, -0.2) is 72.7 Å². The van der Waals surface area contributed by atoms with Gasteiger partial charge in [-0.2, -0.15) is 0 Å². The Hall–Kier alpha value is -1.50. The fourth-order valence-electron chi connectivity index (χ4n) is 3.38. The number of rotatable bonds is 5. The molecule has 2 aliphatic rings. The number of carbonyl (C=O) groups is 1. The molecule has 1 aromatic rings. The Morgan fingerprint density at radius 2 is 2.35 bits per heavy atom. The van der Waals surface area contributed by atoms with E-state index in [0.717, 1.165) is 25.1 Å². The average Bonchev–Trinajstić information content (AvgIpc) is 2.92. The van der Waals surface area contributed by atoms with Crippen molar-refractivity contribution in [1.82, 2.24) is 14.8 Å². The zero-order valence-corrected chi connectivity index (χ0v) is 13.9. The van der Waals surface area contributed by atoms with Gasteiger partial charge < -0.3 is 19.3 Å². The normalized spacial score (nSPS) is 27.3. The SMILES string of the molecule is CN(C)CC(=O)N1C[C@@H](OCc2ccccn2)[C@@H]2OCCC[C@@H]21. The molecule has 3 rings (SSSR count). The monoisotopic (exact) mass is 319 g/mol. The minimum absolute atomic E-state index is 0.0152. The van der Waals surface area contributed by atoms with Crippen LogP contribution < -0.4 is 0 Å². The van der Waals surface area contributed by atoms with Gasteiger partial charge in [0, 0.05) is 19.3 Å². The fraction of sp³-hybridized carbons (Fsp3) is 0.647. The molecule has 0 bridgehead atoms. The first-order valence-corrected chi connectivity index (χ1v) is 8.22. The summed E-state index contributed by atoms with van der Waals surface area (Å²) in [5.74, 6) is 0.152. The van der Waals surface area contributed by atoms with E-state index in [1.807, 2.05) is 42.1 Å². The molecule has 1 amide bonds. The van der Waals surface area contributed by atoms with Crippen molar-refractivity contribution in [1.29, 1.82) is 0 Å². The number of likely N-dealkylation sites (N-methyl/N-ethyl adjacent to an activating group) is 1. The summed E-state index contributed by atoms with van der Waals surface area (Å²) in [5.41, 5.74) is 0.901. The van der Waals surface area contributed by atoms with Gasteiger partial charge in [-0.05, 0) is 39.1 Å². The summed E-state index contributed by atoms with van der Waals surface area (Å²) in [6.45, 7) is 2.24. The molecular weight excluding hydrogens is 294 g/mol. The van der Waals surface area contributed by atoms with Crippen molar-refractivity contribution in [3.63, 3.8) is 0 Å². The number of carbonyl (C=O) groups excluding carboxylic acids is 1. The van der Waals surface area contributed by atoms with E-state index in [4.69, 9.17) is 9.47 Å². The summed E-state index contributed by atoms with van der Waals surface area (Å²) in [4.78, 5) is 20.6. The van der Waals surface area contributed by atoms with Crippen molar-refractivity contribution in [2.24, 2.45) is 0 Å². The molecular formula is C17H25N3O3. The largest absolute Gasteiger partial charge is 0.373 e. The number of hydrogen-bond acceptors (Lipinski definition) is 5. The predicted octanol–water partition coefficient (Wildman–Crippen LogP) is 0.918. The Bertz CT molecular complexity index is 523. The summed E-state index contributed by atoms with van der Waals surface area (Å²) in [6.07, 6.45) is 3.67. The third-order valence-electron chi connectivity index (χ3n) is 4.42. The van der Waals surface area contributed by atoms with E-state index in [2.05, 4.69) is 4.98 Å². The topological polar surface area (TPSA) is 54.9 Å². The number of likely N-dealkylation sites (tertiary alicyclic amines) is 1. The van der Waals surface area contributed by atoms with Gasteiger partial charge in [-0.1, -0.05) is 6.07 Å². The lowest BCUT2D eigenvalue weighted by Gasteiger charge is -2.32. The smallest absolute Gasteiger partial charge is 0.237 e. The van der Waals surface area contributed by atoms with Crippen molar-refractivity contribution < 1.29 is 14.3 Å². The first-order valence-electron chi connectivity index (χ1n) is 8.22. The minimum atomic E-state index is -0.0755. The van der Waals surface area contributed by atoms with E-state index in [1.54, 1.807) is 6.20 Å². The maximum atomic E-state index is 12.5. The molecule has 0 unspecified atom stereocenters. The van der Waals surface area contributed by atoms with Crippen LogP contribution in [0.25, 0.3) is 0 Å². The van der Waals surface area contributed by atoms with Gasteiger partial charge in [0.15, 0.2) is 0 Å². The molecule has 1 aromatic heterocycles. The van der Waals surface area contributed by atoms with E-state index < -0.39 is 0 Å². The summed E-state index contributed by atoms with van der Waals surface area (Å²) in [7, 11) is 3.83. The molecule has 23 heavy (non-hydrogen) atoms. The molecule has 2 fully saturated rings. The van der Waals surface area contributed by atoms with Gasteiger partial charge in [-0.25, -0.2) is 0 Å². The van der Waals surface area contributed by atoms with Gasteiger partial charge in [0.2, 0.25) is 5.91 Å². The predicted molar refractivity (Wildman–Crippen MR) is 85.8 cm³/mol. The Morgan fingerprint density at radius 3 is 3.09 bits per heavy atom. The van der Waals surface area contributed by atoms with Crippen LogP contribution in [0.3, 0.4) is 0 Å². The van der Waals surface area contributed by atoms with Crippen molar-refractivity contribution >= 4 is 5.91 Å². The summed E-state index contributed by atoms with van der Waals surface area (Å²) < 4.78 is 12.0. The molecule has 0 saturated carbocycles. The zero-order chi connectivity index (χ0) is 16.2. The first kappa shape index (κ1) is 16.4. The van der Waals surface area contributed by atoms with Crippen LogP contribution in [0.2, 0.25) is 0 Å². The van der Waals surface area contributed by atoms with E-state index >= 15 is 0 Å². The van der Waals surface area contributed by atoms with Crippen LogP contribution in [-0.2, 0) is 20.9 Å². The van der Waals surface area contributed by atoms with Crippen LogP contribution in [0, 0.1) is 0 Å². The van der Waals surface area contributed by atoms with Crippen LogP contribution in [0.4, 0.5) is 0 Å². The molecule has 0 aromatic carbocycles. The van der Waals surface area contributed by atoms with Crippen LogP contribution in [0.5, 0.6) is 0 Å². The maximum Gasteiger partial charge on any atom is 0.237 e. The van der Waals surface area contributed by atoms with Crippen molar-refractivity contribution in [2.75, 3.05) is 33.8 Å². The van der Waals surface area contributed by atoms with Gasteiger partial charge in [0.1, 0.15) is 12.2 Å². The second kappa shape index (κ2) is 7.38. The van der Waals surface area contributed by atoms with Crippen molar-refractivity contribution in [3.05, 3.63) is 30.1 Å². The van der Waals surface area contributed by atoms with Gasteiger partial charge in [0.05, 0.1) is 24.9 Å². The van der Waals surface area contributed by atoms with Crippen molar-refractivity contribution in [3.8, 4) is 0 Å². The highest BCUT2D eigenvalue weighted by Gasteiger charge is 2.46. The molecule has 0 N–H and O–H groups in total. The van der Waals surface area contributed by atoms with E-state index in [0.29, 0.717) is 19.7 Å². The number of fused-ring (bicyclic) bond motifs is 1. The molecule has 0 spiro atoms. The fourth-order valence-corrected chi connectivity index (χ4v) is 3.38. The average molecular weight is 319 g/mol. The van der Waals surface area contributed by atoms with Gasteiger partial charge in [-0.3, -0.25) is 9.78 Å². The standard InChI is InChI=1S/C17H25N3O3/c1-19(2)11-16(21)20-10-15(17-14(20)7-5-9-22-17)23-12-13-6-3-4-8-18-13/h3-4,6,8,14-15,17H,5,7,9-12H2,1-2H3/t14-,15+,17+/m0/s1. The summed E-state index contributed by atoms with van der Waals surface area (Å²) in [6, 6.07) is 5.93. The first-order chi connectivity index (χ1) is 11.1. The lowest BCUT2D eigenvalue weighted by molar-refractivity contribution is -0.135. The molecule has 6 heteroatoms. The lowest BCUT2D eigenvalue weighted by Crippen LogP contribution is -2.46. The maximum absolute atomic E-state index is 12.5. The second-order valence-corrected chi connectivity index (χ2v) is 6.50. The number of nitrogens with zero attached hydrogens (tertiary/aromatic N) is 3. The molecule has 0 aliphatic carbocycles. The van der Waals surface area contributed by atoms with E-state index in [-0.39, 0.29) is 24.2 Å². The Labute approximate surface area is 137 Å². The third-order valence-corrected chi connectivity index (χ3v) is 4.42. The van der Waals surface area contributed by atoms with Gasteiger partial charge in [-0.15, -0.1) is 0 Å². The summed E-state index contributed by atoms with van der Waals surface area (Å²) in [5, 5.41) is 0.